The van der Waals surface area contributed by atoms with Gasteiger partial charge in [0.2, 0.25) is 0 Å². The van der Waals surface area contributed by atoms with Crippen molar-refractivity contribution in [2.24, 2.45) is 0 Å². The number of amides is 3. The van der Waals surface area contributed by atoms with Gasteiger partial charge in [-0.15, -0.1) is 0 Å². The topological polar surface area (TPSA) is 66.5 Å². The predicted molar refractivity (Wildman–Crippen MR) is 92.5 cm³/mol. The van der Waals surface area contributed by atoms with Crippen LogP contribution in [0, 0.1) is 0 Å². The minimum atomic E-state index is -1.20. The summed E-state index contributed by atoms with van der Waals surface area (Å²) >= 11 is 3.41. The van der Waals surface area contributed by atoms with Gasteiger partial charge in [0.05, 0.1) is 6.54 Å². The normalized spacial score (nSPS) is 20.2. The van der Waals surface area contributed by atoms with Crippen LogP contribution in [-0.4, -0.2) is 29.2 Å². The number of rotatable bonds is 4. The van der Waals surface area contributed by atoms with Gasteiger partial charge < -0.3 is 5.32 Å². The molecule has 1 heterocycles. The number of urea groups is 1. The standard InChI is InChI=1S/C18H15BrN2O3/c1-18(13-9-5-6-10-14(13)19)16(23)21(17(24)20-18)11-15(22)12-7-3-2-4-8-12/h2-10H,11H2,1H3,(H,20,24)/t18-/m0/s1. The Hall–Kier alpha value is -2.47. The number of ketones is 1. The highest BCUT2D eigenvalue weighted by Gasteiger charge is 2.50. The molecule has 1 atom stereocenters. The van der Waals surface area contributed by atoms with Crippen molar-refractivity contribution < 1.29 is 14.4 Å². The molecule has 1 N–H and O–H groups in total. The number of carbonyl (C=O) groups excluding carboxylic acids is 3. The maximum Gasteiger partial charge on any atom is 0.325 e. The fraction of sp³-hybridized carbons (Fsp3) is 0.167. The number of hydrogen-bond donors (Lipinski definition) is 1. The second-order valence-corrected chi connectivity index (χ2v) is 6.57. The summed E-state index contributed by atoms with van der Waals surface area (Å²) in [5.41, 5.74) is -0.0840. The van der Waals surface area contributed by atoms with E-state index in [0.29, 0.717) is 11.1 Å². The van der Waals surface area contributed by atoms with Crippen LogP contribution in [0.1, 0.15) is 22.8 Å². The second kappa shape index (κ2) is 6.20. The molecule has 5 nitrogen and oxygen atoms in total. The minimum Gasteiger partial charge on any atom is -0.319 e. The van der Waals surface area contributed by atoms with Crippen LogP contribution in [0.2, 0.25) is 0 Å². The molecule has 2 aromatic rings. The van der Waals surface area contributed by atoms with Crippen molar-refractivity contribution in [2.45, 2.75) is 12.5 Å². The summed E-state index contributed by atoms with van der Waals surface area (Å²) in [6.45, 7) is 1.36. The van der Waals surface area contributed by atoms with Crippen molar-refractivity contribution in [3.05, 3.63) is 70.2 Å². The van der Waals surface area contributed by atoms with Gasteiger partial charge >= 0.3 is 6.03 Å². The van der Waals surface area contributed by atoms with E-state index in [9.17, 15) is 14.4 Å². The first-order valence-electron chi connectivity index (χ1n) is 7.41. The molecule has 0 unspecified atom stereocenters. The molecule has 0 aliphatic carbocycles. The van der Waals surface area contributed by atoms with E-state index in [-0.39, 0.29) is 12.3 Å². The molecule has 1 fully saturated rings. The monoisotopic (exact) mass is 386 g/mol. The van der Waals surface area contributed by atoms with Gasteiger partial charge in [0, 0.05) is 15.6 Å². The fourth-order valence-electron chi connectivity index (χ4n) is 2.75. The third-order valence-electron chi connectivity index (χ3n) is 4.08. The van der Waals surface area contributed by atoms with E-state index in [1.807, 2.05) is 6.07 Å². The average Bonchev–Trinajstić information content (AvgIpc) is 2.80. The third kappa shape index (κ3) is 2.73. The van der Waals surface area contributed by atoms with E-state index in [4.69, 9.17) is 0 Å². The van der Waals surface area contributed by atoms with Gasteiger partial charge in [-0.25, -0.2) is 4.79 Å². The van der Waals surface area contributed by atoms with Crippen LogP contribution in [0.5, 0.6) is 0 Å². The quantitative estimate of drug-likeness (QED) is 0.648. The minimum absolute atomic E-state index is 0.282. The van der Waals surface area contributed by atoms with Crippen LogP contribution >= 0.6 is 15.9 Å². The van der Waals surface area contributed by atoms with Crippen molar-refractivity contribution in [1.29, 1.82) is 0 Å². The number of benzene rings is 2. The molecule has 3 rings (SSSR count). The van der Waals surface area contributed by atoms with Crippen LogP contribution in [0.3, 0.4) is 0 Å². The van der Waals surface area contributed by atoms with Crippen LogP contribution in [-0.2, 0) is 10.3 Å². The summed E-state index contributed by atoms with van der Waals surface area (Å²) in [5.74, 6) is -0.723. The third-order valence-corrected chi connectivity index (χ3v) is 4.78. The molecule has 122 valence electrons. The Kier molecular flexibility index (Phi) is 4.24. The van der Waals surface area contributed by atoms with Crippen molar-refractivity contribution in [3.63, 3.8) is 0 Å². The van der Waals surface area contributed by atoms with Gasteiger partial charge in [0.25, 0.3) is 5.91 Å². The second-order valence-electron chi connectivity index (χ2n) is 5.72. The van der Waals surface area contributed by atoms with E-state index < -0.39 is 17.5 Å². The molecule has 0 radical (unpaired) electrons. The number of nitrogens with zero attached hydrogens (tertiary/aromatic N) is 1. The largest absolute Gasteiger partial charge is 0.325 e. The Morgan fingerprint density at radius 1 is 1.08 bits per heavy atom. The molecule has 2 aromatic carbocycles. The number of halogens is 1. The summed E-state index contributed by atoms with van der Waals surface area (Å²) in [7, 11) is 0. The summed E-state index contributed by atoms with van der Waals surface area (Å²) in [6, 6.07) is 15.2. The summed E-state index contributed by atoms with van der Waals surface area (Å²) in [6.07, 6.45) is 0. The highest BCUT2D eigenvalue weighted by molar-refractivity contribution is 9.10. The summed E-state index contributed by atoms with van der Waals surface area (Å²) < 4.78 is 0.720. The number of hydrogen-bond acceptors (Lipinski definition) is 3. The number of imide groups is 1. The maximum atomic E-state index is 12.8. The molecule has 6 heteroatoms. The Labute approximate surface area is 147 Å². The molecule has 0 saturated carbocycles. The first kappa shape index (κ1) is 16.4. The van der Waals surface area contributed by atoms with Gasteiger partial charge in [-0.3, -0.25) is 14.5 Å². The van der Waals surface area contributed by atoms with Gasteiger partial charge in [0.15, 0.2) is 5.78 Å². The fourth-order valence-corrected chi connectivity index (χ4v) is 3.43. The molecule has 1 saturated heterocycles. The Bertz CT molecular complexity index is 822. The van der Waals surface area contributed by atoms with Crippen molar-refractivity contribution in [1.82, 2.24) is 10.2 Å². The lowest BCUT2D eigenvalue weighted by Crippen LogP contribution is -2.41. The summed E-state index contributed by atoms with van der Waals surface area (Å²) in [5, 5.41) is 2.70. The molecule has 24 heavy (non-hydrogen) atoms. The molecule has 3 amide bonds. The zero-order chi connectivity index (χ0) is 17.3. The van der Waals surface area contributed by atoms with E-state index in [1.165, 1.54) is 0 Å². The lowest BCUT2D eigenvalue weighted by atomic mass is 9.92. The predicted octanol–water partition coefficient (Wildman–Crippen LogP) is 3.10. The van der Waals surface area contributed by atoms with Crippen molar-refractivity contribution >= 4 is 33.7 Å². The zero-order valence-corrected chi connectivity index (χ0v) is 14.5. The van der Waals surface area contributed by atoms with E-state index in [2.05, 4.69) is 21.2 Å². The zero-order valence-electron chi connectivity index (χ0n) is 13.0. The first-order valence-corrected chi connectivity index (χ1v) is 8.20. The molecular formula is C18H15BrN2O3. The Balaban J connectivity index is 1.87. The molecule has 0 aromatic heterocycles. The van der Waals surface area contributed by atoms with Crippen LogP contribution in [0.25, 0.3) is 0 Å². The van der Waals surface area contributed by atoms with Crippen LogP contribution < -0.4 is 5.32 Å². The SMILES string of the molecule is C[C@@]1(c2ccccc2Br)NC(=O)N(CC(=O)c2ccccc2)C1=O. The van der Waals surface area contributed by atoms with Crippen molar-refractivity contribution in [3.8, 4) is 0 Å². The highest BCUT2D eigenvalue weighted by atomic mass is 79.9. The van der Waals surface area contributed by atoms with Crippen LogP contribution in [0.15, 0.2) is 59.1 Å². The maximum absolute atomic E-state index is 12.8. The average molecular weight is 387 g/mol. The van der Waals surface area contributed by atoms with Gasteiger partial charge in [-0.05, 0) is 13.0 Å². The highest BCUT2D eigenvalue weighted by Crippen LogP contribution is 2.33. The Morgan fingerprint density at radius 2 is 1.71 bits per heavy atom. The molecule has 1 aliphatic heterocycles. The van der Waals surface area contributed by atoms with Crippen molar-refractivity contribution in [2.75, 3.05) is 6.54 Å². The number of carbonyl (C=O) groups is 3. The van der Waals surface area contributed by atoms with E-state index in [0.717, 1.165) is 9.37 Å². The van der Waals surface area contributed by atoms with Gasteiger partial charge in [-0.1, -0.05) is 64.5 Å². The van der Waals surface area contributed by atoms with Gasteiger partial charge in [-0.2, -0.15) is 0 Å². The number of nitrogens with one attached hydrogen (secondary N) is 1. The van der Waals surface area contributed by atoms with Crippen LogP contribution in [0.4, 0.5) is 4.79 Å². The lowest BCUT2D eigenvalue weighted by molar-refractivity contribution is -0.130. The Morgan fingerprint density at radius 3 is 2.38 bits per heavy atom. The molecular weight excluding hydrogens is 372 g/mol. The summed E-state index contributed by atoms with van der Waals surface area (Å²) in [4.78, 5) is 38.4. The van der Waals surface area contributed by atoms with E-state index >= 15 is 0 Å². The lowest BCUT2D eigenvalue weighted by Gasteiger charge is -2.23. The molecule has 1 aliphatic rings. The molecule has 0 bridgehead atoms. The first-order chi connectivity index (χ1) is 11.4. The molecule has 0 spiro atoms. The number of Topliss-reactive ketones (excluding diaryl/α,β-unsaturated/α-hetero) is 1. The van der Waals surface area contributed by atoms with Gasteiger partial charge in [0.1, 0.15) is 5.54 Å². The van der Waals surface area contributed by atoms with E-state index in [1.54, 1.807) is 55.5 Å². The smallest absolute Gasteiger partial charge is 0.319 e.